The summed E-state index contributed by atoms with van der Waals surface area (Å²) in [7, 11) is 0. The van der Waals surface area contributed by atoms with E-state index < -0.39 is 0 Å². The van der Waals surface area contributed by atoms with Crippen LogP contribution in [0.4, 0.5) is 0 Å². The van der Waals surface area contributed by atoms with E-state index in [4.69, 9.17) is 0 Å². The Hall–Kier alpha value is -0.0400. The minimum absolute atomic E-state index is 0.679. The summed E-state index contributed by atoms with van der Waals surface area (Å²) in [5, 5.41) is 0. The number of fused-ring (bicyclic) bond motifs is 2. The van der Waals surface area contributed by atoms with Crippen molar-refractivity contribution in [2.75, 3.05) is 6.54 Å². The first-order valence-corrected chi connectivity index (χ1v) is 4.36. The molecule has 2 bridgehead atoms. The molecular weight excluding hydrogens is 122 g/mol. The zero-order valence-electron chi connectivity index (χ0n) is 7.22. The third kappa shape index (κ3) is 0.731. The Morgan fingerprint density at radius 1 is 1.20 bits per heavy atom. The lowest BCUT2D eigenvalue weighted by Crippen LogP contribution is -2.34. The van der Waals surface area contributed by atoms with Crippen molar-refractivity contribution >= 4 is 0 Å². The van der Waals surface area contributed by atoms with Crippen LogP contribution in [0.5, 0.6) is 0 Å². The molecule has 2 atom stereocenters. The third-order valence-corrected chi connectivity index (χ3v) is 3.27. The van der Waals surface area contributed by atoms with E-state index in [9.17, 15) is 0 Å². The highest BCUT2D eigenvalue weighted by molar-refractivity contribution is 5.01. The van der Waals surface area contributed by atoms with Gasteiger partial charge in [0, 0.05) is 18.6 Å². The molecule has 2 aliphatic heterocycles. The molecule has 0 saturated carbocycles. The first-order chi connectivity index (χ1) is 4.61. The van der Waals surface area contributed by atoms with E-state index in [-0.39, 0.29) is 0 Å². The average molecular weight is 139 g/mol. The number of rotatable bonds is 0. The van der Waals surface area contributed by atoms with Crippen LogP contribution in [0.15, 0.2) is 0 Å². The van der Waals surface area contributed by atoms with Crippen molar-refractivity contribution in [3.8, 4) is 0 Å². The predicted molar refractivity (Wildman–Crippen MR) is 43.0 cm³/mol. The Morgan fingerprint density at radius 3 is 1.90 bits per heavy atom. The van der Waals surface area contributed by atoms with Crippen LogP contribution in [0.3, 0.4) is 0 Å². The normalized spacial score (nSPS) is 59.7. The van der Waals surface area contributed by atoms with E-state index in [2.05, 4.69) is 25.7 Å². The molecule has 0 spiro atoms. The summed E-state index contributed by atoms with van der Waals surface area (Å²) in [6, 6.07) is 1.71. The molecular formula is C9H17N. The SMILES string of the molecule is C[C@H]1CC2(C)C[C@H](C)N1C2. The Balaban J connectivity index is 2.21. The second-order valence-corrected chi connectivity index (χ2v) is 4.59. The maximum absolute atomic E-state index is 2.65. The lowest BCUT2D eigenvalue weighted by molar-refractivity contribution is 0.198. The van der Waals surface area contributed by atoms with Crippen LogP contribution in [0.1, 0.15) is 33.6 Å². The fourth-order valence-corrected chi connectivity index (χ4v) is 3.06. The van der Waals surface area contributed by atoms with E-state index >= 15 is 0 Å². The highest BCUT2D eigenvalue weighted by Crippen LogP contribution is 2.46. The van der Waals surface area contributed by atoms with Gasteiger partial charge in [-0.25, -0.2) is 0 Å². The van der Waals surface area contributed by atoms with Gasteiger partial charge < -0.3 is 0 Å². The smallest absolute Gasteiger partial charge is 0.00756 e. The standard InChI is InChI=1S/C9H17N/c1-7-4-9(3)5-8(2)10(7)6-9/h7-8H,4-6H2,1-3H3/t7-,8-/m0/s1. The van der Waals surface area contributed by atoms with Crippen molar-refractivity contribution in [1.82, 2.24) is 4.90 Å². The van der Waals surface area contributed by atoms with E-state index in [0.29, 0.717) is 5.41 Å². The van der Waals surface area contributed by atoms with Crippen LogP contribution in [0, 0.1) is 5.41 Å². The maximum atomic E-state index is 2.65. The largest absolute Gasteiger partial charge is 0.297 e. The van der Waals surface area contributed by atoms with Gasteiger partial charge in [0.2, 0.25) is 0 Å². The van der Waals surface area contributed by atoms with Crippen molar-refractivity contribution in [3.63, 3.8) is 0 Å². The molecule has 2 aliphatic rings. The van der Waals surface area contributed by atoms with Crippen LogP contribution in [0.25, 0.3) is 0 Å². The first-order valence-electron chi connectivity index (χ1n) is 4.36. The molecule has 0 N–H and O–H groups in total. The van der Waals surface area contributed by atoms with Gasteiger partial charge in [-0.1, -0.05) is 6.92 Å². The van der Waals surface area contributed by atoms with Crippen molar-refractivity contribution in [2.45, 2.75) is 45.7 Å². The topological polar surface area (TPSA) is 3.24 Å². The fourth-order valence-electron chi connectivity index (χ4n) is 3.06. The van der Waals surface area contributed by atoms with Gasteiger partial charge in [-0.2, -0.15) is 0 Å². The van der Waals surface area contributed by atoms with Crippen LogP contribution < -0.4 is 0 Å². The maximum Gasteiger partial charge on any atom is 0.00756 e. The van der Waals surface area contributed by atoms with Gasteiger partial charge in [-0.05, 0) is 32.1 Å². The molecule has 0 amide bonds. The predicted octanol–water partition coefficient (Wildman–Crippen LogP) is 1.88. The van der Waals surface area contributed by atoms with Crippen LogP contribution in [-0.4, -0.2) is 23.5 Å². The third-order valence-electron chi connectivity index (χ3n) is 3.27. The summed E-state index contributed by atoms with van der Waals surface area (Å²) in [4.78, 5) is 2.65. The quantitative estimate of drug-likeness (QED) is 0.495. The van der Waals surface area contributed by atoms with E-state index in [0.717, 1.165) is 12.1 Å². The number of piperidine rings is 1. The molecule has 2 fully saturated rings. The van der Waals surface area contributed by atoms with E-state index in [1.54, 1.807) is 0 Å². The molecule has 0 aromatic heterocycles. The number of hydrogen-bond acceptors (Lipinski definition) is 1. The molecule has 1 nitrogen and oxygen atoms in total. The van der Waals surface area contributed by atoms with Crippen LogP contribution in [-0.2, 0) is 0 Å². The van der Waals surface area contributed by atoms with Gasteiger partial charge in [0.25, 0.3) is 0 Å². The average Bonchev–Trinajstić information content (AvgIpc) is 2.17. The Bertz CT molecular complexity index is 141. The Morgan fingerprint density at radius 2 is 1.70 bits per heavy atom. The fraction of sp³-hybridized carbons (Fsp3) is 1.00. The second-order valence-electron chi connectivity index (χ2n) is 4.59. The molecule has 2 heterocycles. The lowest BCUT2D eigenvalue weighted by Gasteiger charge is -2.29. The first kappa shape index (κ1) is 6.66. The highest BCUT2D eigenvalue weighted by atomic mass is 15.2. The number of nitrogens with zero attached hydrogens (tertiary/aromatic N) is 1. The second kappa shape index (κ2) is 1.76. The van der Waals surface area contributed by atoms with Crippen LogP contribution >= 0.6 is 0 Å². The summed E-state index contributed by atoms with van der Waals surface area (Å²) in [5.74, 6) is 0. The van der Waals surface area contributed by atoms with Gasteiger partial charge in [-0.3, -0.25) is 4.90 Å². The van der Waals surface area contributed by atoms with Gasteiger partial charge in [0.15, 0.2) is 0 Å². The highest BCUT2D eigenvalue weighted by Gasteiger charge is 2.47. The van der Waals surface area contributed by atoms with Gasteiger partial charge >= 0.3 is 0 Å². The Labute approximate surface area is 63.4 Å². The summed E-state index contributed by atoms with van der Waals surface area (Å²) < 4.78 is 0. The van der Waals surface area contributed by atoms with Gasteiger partial charge in [0.05, 0.1) is 0 Å². The summed E-state index contributed by atoms with van der Waals surface area (Å²) in [6.45, 7) is 8.52. The lowest BCUT2D eigenvalue weighted by atomic mass is 9.82. The molecule has 2 rings (SSSR count). The summed E-state index contributed by atoms with van der Waals surface area (Å²) in [6.07, 6.45) is 2.86. The van der Waals surface area contributed by atoms with Crippen molar-refractivity contribution in [1.29, 1.82) is 0 Å². The van der Waals surface area contributed by atoms with Crippen molar-refractivity contribution in [2.24, 2.45) is 5.41 Å². The number of hydrogen-bond donors (Lipinski definition) is 0. The minimum atomic E-state index is 0.679. The van der Waals surface area contributed by atoms with Gasteiger partial charge in [0.1, 0.15) is 0 Å². The molecule has 58 valence electrons. The van der Waals surface area contributed by atoms with E-state index in [1.165, 1.54) is 19.4 Å². The molecule has 0 unspecified atom stereocenters. The van der Waals surface area contributed by atoms with Crippen LogP contribution in [0.2, 0.25) is 0 Å². The molecule has 0 aromatic carbocycles. The monoisotopic (exact) mass is 139 g/mol. The Kier molecular flexibility index (Phi) is 1.17. The summed E-state index contributed by atoms with van der Waals surface area (Å²) in [5.41, 5.74) is 0.679. The van der Waals surface area contributed by atoms with Gasteiger partial charge in [-0.15, -0.1) is 0 Å². The van der Waals surface area contributed by atoms with Crippen molar-refractivity contribution < 1.29 is 0 Å². The summed E-state index contributed by atoms with van der Waals surface area (Å²) >= 11 is 0. The molecule has 1 heteroatoms. The molecule has 2 saturated heterocycles. The zero-order valence-corrected chi connectivity index (χ0v) is 7.22. The van der Waals surface area contributed by atoms with E-state index in [1.807, 2.05) is 0 Å². The van der Waals surface area contributed by atoms with Crippen molar-refractivity contribution in [3.05, 3.63) is 0 Å². The zero-order chi connectivity index (χ0) is 7.35. The molecule has 0 aromatic rings. The molecule has 0 aliphatic carbocycles. The molecule has 0 radical (unpaired) electrons. The minimum Gasteiger partial charge on any atom is -0.297 e. The molecule has 10 heavy (non-hydrogen) atoms.